The first kappa shape index (κ1) is 23.5. The van der Waals surface area contributed by atoms with E-state index in [1.54, 1.807) is 42.5 Å². The quantitative estimate of drug-likeness (QED) is 0.216. The molecule has 7 nitrogen and oxygen atoms in total. The van der Waals surface area contributed by atoms with E-state index in [1.807, 2.05) is 44.2 Å². The molecular weight excluding hydrogens is 420 g/mol. The Morgan fingerprint density at radius 2 is 1.61 bits per heavy atom. The summed E-state index contributed by atoms with van der Waals surface area (Å²) >= 11 is 0. The second-order valence-electron chi connectivity index (χ2n) is 6.94. The predicted molar refractivity (Wildman–Crippen MR) is 126 cm³/mol. The Morgan fingerprint density at radius 3 is 2.30 bits per heavy atom. The topological polar surface area (TPSA) is 86.2 Å². The van der Waals surface area contributed by atoms with Gasteiger partial charge in [-0.25, -0.2) is 10.2 Å². The van der Waals surface area contributed by atoms with E-state index in [4.69, 9.17) is 14.2 Å². The normalized spacial score (nSPS) is 10.6. The number of rotatable bonds is 10. The number of ether oxygens (including phenoxy) is 3. The van der Waals surface area contributed by atoms with E-state index in [9.17, 15) is 9.59 Å². The van der Waals surface area contributed by atoms with Crippen LogP contribution < -0.4 is 19.6 Å². The minimum absolute atomic E-state index is 0.219. The molecule has 1 N–H and O–H groups in total. The summed E-state index contributed by atoms with van der Waals surface area (Å²) < 4.78 is 16.5. The molecule has 0 spiro atoms. The van der Waals surface area contributed by atoms with Crippen molar-refractivity contribution < 1.29 is 23.8 Å². The molecule has 3 aromatic rings. The summed E-state index contributed by atoms with van der Waals surface area (Å²) in [6, 6.07) is 21.2. The maximum atomic E-state index is 12.5. The van der Waals surface area contributed by atoms with Crippen LogP contribution in [-0.4, -0.2) is 31.3 Å². The first-order valence-corrected chi connectivity index (χ1v) is 10.7. The number of carbonyl (C=O) groups is 2. The average molecular weight is 447 g/mol. The molecule has 0 aliphatic heterocycles. The lowest BCUT2D eigenvalue weighted by Gasteiger charge is -2.11. The summed E-state index contributed by atoms with van der Waals surface area (Å²) in [6.07, 6.45) is 1.74. The first-order chi connectivity index (χ1) is 16.1. The Hall–Kier alpha value is -4.13. The van der Waals surface area contributed by atoms with Crippen molar-refractivity contribution in [3.8, 4) is 17.2 Å². The van der Waals surface area contributed by atoms with Gasteiger partial charge >= 0.3 is 5.97 Å². The number of amides is 1. The fourth-order valence-corrected chi connectivity index (χ4v) is 2.97. The van der Waals surface area contributed by atoms with Gasteiger partial charge in [0.1, 0.15) is 5.75 Å². The molecule has 1 amide bonds. The van der Waals surface area contributed by atoms with Crippen molar-refractivity contribution in [3.63, 3.8) is 0 Å². The van der Waals surface area contributed by atoms with Gasteiger partial charge in [-0.15, -0.1) is 0 Å². The zero-order valence-electron chi connectivity index (χ0n) is 18.6. The predicted octanol–water partition coefficient (Wildman–Crippen LogP) is 4.40. The van der Waals surface area contributed by atoms with E-state index in [0.717, 1.165) is 5.56 Å². The third kappa shape index (κ3) is 7.21. The monoisotopic (exact) mass is 446 g/mol. The molecule has 0 saturated carbocycles. The van der Waals surface area contributed by atoms with Gasteiger partial charge < -0.3 is 14.2 Å². The molecule has 3 rings (SSSR count). The Balaban J connectivity index is 1.63. The summed E-state index contributed by atoms with van der Waals surface area (Å²) in [5.41, 5.74) is 4.49. The average Bonchev–Trinajstić information content (AvgIpc) is 2.82. The molecule has 0 saturated heterocycles. The zero-order chi connectivity index (χ0) is 23.5. The molecule has 0 unspecified atom stereocenters. The third-order valence-electron chi connectivity index (χ3n) is 4.48. The number of benzene rings is 3. The maximum Gasteiger partial charge on any atom is 0.343 e. The van der Waals surface area contributed by atoms with Gasteiger partial charge in [-0.1, -0.05) is 30.3 Å². The molecule has 170 valence electrons. The molecule has 3 aromatic carbocycles. The van der Waals surface area contributed by atoms with Gasteiger partial charge in [-0.05, 0) is 67.4 Å². The molecule has 0 fully saturated rings. The summed E-state index contributed by atoms with van der Waals surface area (Å²) in [4.78, 5) is 24.6. The minimum Gasteiger partial charge on any atom is -0.494 e. The Bertz CT molecular complexity index is 1100. The standard InChI is InChI=1S/C26H26N2O5/c1-3-31-22-13-11-21(12-14-22)26(30)33-23-15-10-20(16-24(23)32-4-2)18-27-28-25(29)17-19-8-6-5-7-9-19/h5-16,18H,3-4,17H2,1-2H3,(H,28,29)/b27-18+. The second kappa shape index (κ2) is 12.0. The highest BCUT2D eigenvalue weighted by Crippen LogP contribution is 2.29. The van der Waals surface area contributed by atoms with Gasteiger partial charge in [0.15, 0.2) is 11.5 Å². The fraction of sp³-hybridized carbons (Fsp3) is 0.192. The number of hydrogen-bond acceptors (Lipinski definition) is 6. The highest BCUT2D eigenvalue weighted by Gasteiger charge is 2.13. The van der Waals surface area contributed by atoms with Crippen LogP contribution in [0, 0.1) is 0 Å². The van der Waals surface area contributed by atoms with Crippen molar-refractivity contribution in [1.29, 1.82) is 0 Å². The van der Waals surface area contributed by atoms with Crippen molar-refractivity contribution in [2.24, 2.45) is 5.10 Å². The van der Waals surface area contributed by atoms with Gasteiger partial charge in [0.2, 0.25) is 5.91 Å². The van der Waals surface area contributed by atoms with Crippen LogP contribution >= 0.6 is 0 Å². The summed E-state index contributed by atoms with van der Waals surface area (Å²) in [7, 11) is 0. The van der Waals surface area contributed by atoms with Crippen LogP contribution in [0.3, 0.4) is 0 Å². The molecule has 33 heavy (non-hydrogen) atoms. The largest absolute Gasteiger partial charge is 0.494 e. The highest BCUT2D eigenvalue weighted by molar-refractivity contribution is 5.92. The second-order valence-corrected chi connectivity index (χ2v) is 6.94. The van der Waals surface area contributed by atoms with Gasteiger partial charge in [-0.3, -0.25) is 4.79 Å². The molecule has 7 heteroatoms. The smallest absolute Gasteiger partial charge is 0.343 e. The number of hydrazone groups is 1. The van der Waals surface area contributed by atoms with Crippen molar-refractivity contribution in [2.75, 3.05) is 13.2 Å². The van der Waals surface area contributed by atoms with E-state index in [2.05, 4.69) is 10.5 Å². The molecule has 0 atom stereocenters. The van der Waals surface area contributed by atoms with Crippen molar-refractivity contribution in [1.82, 2.24) is 5.43 Å². The highest BCUT2D eigenvalue weighted by atomic mass is 16.6. The van der Waals surface area contributed by atoms with E-state index in [-0.39, 0.29) is 12.3 Å². The molecule has 0 bridgehead atoms. The van der Waals surface area contributed by atoms with Crippen molar-refractivity contribution in [2.45, 2.75) is 20.3 Å². The van der Waals surface area contributed by atoms with Crippen molar-refractivity contribution in [3.05, 3.63) is 89.5 Å². The van der Waals surface area contributed by atoms with Gasteiger partial charge in [0, 0.05) is 0 Å². The Labute approximate surface area is 193 Å². The lowest BCUT2D eigenvalue weighted by molar-refractivity contribution is -0.120. The van der Waals surface area contributed by atoms with Gasteiger partial charge in [-0.2, -0.15) is 5.10 Å². The van der Waals surface area contributed by atoms with Crippen molar-refractivity contribution >= 4 is 18.1 Å². The molecule has 0 aliphatic rings. The van der Waals surface area contributed by atoms with Gasteiger partial charge in [0.05, 0.1) is 31.4 Å². The van der Waals surface area contributed by atoms with Crippen LogP contribution in [0.1, 0.15) is 35.3 Å². The number of carbonyl (C=O) groups excluding carboxylic acids is 2. The van der Waals surface area contributed by atoms with E-state index < -0.39 is 5.97 Å². The van der Waals surface area contributed by atoms with E-state index in [0.29, 0.717) is 41.6 Å². The number of nitrogens with one attached hydrogen (secondary N) is 1. The van der Waals surface area contributed by atoms with Crippen LogP contribution in [0.15, 0.2) is 77.9 Å². The molecule has 0 radical (unpaired) electrons. The fourth-order valence-electron chi connectivity index (χ4n) is 2.97. The van der Waals surface area contributed by atoms with E-state index in [1.165, 1.54) is 6.21 Å². The van der Waals surface area contributed by atoms with Gasteiger partial charge in [0.25, 0.3) is 0 Å². The number of nitrogens with zero attached hydrogens (tertiary/aromatic N) is 1. The van der Waals surface area contributed by atoms with E-state index >= 15 is 0 Å². The first-order valence-electron chi connectivity index (χ1n) is 10.7. The molecule has 0 heterocycles. The Morgan fingerprint density at radius 1 is 0.879 bits per heavy atom. The molecule has 0 aromatic heterocycles. The molecule has 0 aliphatic carbocycles. The minimum atomic E-state index is -0.506. The van der Waals surface area contributed by atoms with Crippen LogP contribution in [0.5, 0.6) is 17.2 Å². The number of esters is 1. The summed E-state index contributed by atoms with van der Waals surface area (Å²) in [5, 5.41) is 4.00. The lowest BCUT2D eigenvalue weighted by atomic mass is 10.1. The van der Waals surface area contributed by atoms with Crippen LogP contribution in [0.25, 0.3) is 0 Å². The van der Waals surface area contributed by atoms with Crippen LogP contribution in [0.4, 0.5) is 0 Å². The lowest BCUT2D eigenvalue weighted by Crippen LogP contribution is -2.19. The summed E-state index contributed by atoms with van der Waals surface area (Å²) in [5.74, 6) is 0.651. The maximum absolute atomic E-state index is 12.5. The Kier molecular flexibility index (Phi) is 8.59. The zero-order valence-corrected chi connectivity index (χ0v) is 18.6. The molecular formula is C26H26N2O5. The SMILES string of the molecule is CCOc1ccc(C(=O)Oc2ccc(/C=N/NC(=O)Cc3ccccc3)cc2OCC)cc1. The number of hydrogen-bond donors (Lipinski definition) is 1. The van der Waals surface area contributed by atoms with Crippen LogP contribution in [0.2, 0.25) is 0 Å². The van der Waals surface area contributed by atoms with Crippen LogP contribution in [-0.2, 0) is 11.2 Å². The summed E-state index contributed by atoms with van der Waals surface area (Å²) in [6.45, 7) is 4.67. The third-order valence-corrected chi connectivity index (χ3v) is 4.48.